The van der Waals surface area contributed by atoms with Crippen LogP contribution in [0, 0.1) is 12.7 Å². The summed E-state index contributed by atoms with van der Waals surface area (Å²) < 4.78 is 13.4. The minimum absolute atomic E-state index is 0.226. The van der Waals surface area contributed by atoms with Crippen molar-refractivity contribution in [2.75, 3.05) is 13.1 Å². The van der Waals surface area contributed by atoms with E-state index in [0.717, 1.165) is 47.1 Å². The first-order valence-electron chi connectivity index (χ1n) is 6.49. The van der Waals surface area contributed by atoms with Crippen LogP contribution >= 0.6 is 11.3 Å². The monoisotopic (exact) mass is 279 g/mol. The van der Waals surface area contributed by atoms with Gasteiger partial charge in [-0.2, -0.15) is 0 Å². The summed E-state index contributed by atoms with van der Waals surface area (Å²) in [6.07, 6.45) is 2.00. The van der Waals surface area contributed by atoms with E-state index >= 15 is 0 Å². The molecular weight excluding hydrogens is 261 g/mol. The predicted molar refractivity (Wildman–Crippen MR) is 76.9 cm³/mol. The van der Waals surface area contributed by atoms with Crippen LogP contribution in [0.1, 0.15) is 23.9 Å². The largest absolute Gasteiger partial charge is 0.316 e. The average Bonchev–Trinajstić information content (AvgIpc) is 2.82. The fourth-order valence-electron chi connectivity index (χ4n) is 1.83. The summed E-state index contributed by atoms with van der Waals surface area (Å²) in [4.78, 5) is 0. The van der Waals surface area contributed by atoms with Crippen molar-refractivity contribution in [3.05, 3.63) is 34.6 Å². The van der Waals surface area contributed by atoms with Gasteiger partial charge in [-0.1, -0.05) is 18.3 Å². The van der Waals surface area contributed by atoms with Gasteiger partial charge in [0.15, 0.2) is 0 Å². The number of rotatable bonds is 6. The quantitative estimate of drug-likeness (QED) is 0.825. The van der Waals surface area contributed by atoms with Crippen LogP contribution in [0.15, 0.2) is 18.2 Å². The van der Waals surface area contributed by atoms with E-state index in [-0.39, 0.29) is 5.82 Å². The van der Waals surface area contributed by atoms with Gasteiger partial charge >= 0.3 is 0 Å². The lowest BCUT2D eigenvalue weighted by Crippen LogP contribution is -2.17. The van der Waals surface area contributed by atoms with Gasteiger partial charge in [0, 0.05) is 18.5 Å². The first kappa shape index (κ1) is 14.1. The van der Waals surface area contributed by atoms with Crippen LogP contribution in [0.4, 0.5) is 4.39 Å². The van der Waals surface area contributed by atoms with E-state index in [9.17, 15) is 4.39 Å². The molecule has 2 rings (SSSR count). The Morgan fingerprint density at radius 2 is 2.05 bits per heavy atom. The number of nitrogens with zero attached hydrogens (tertiary/aromatic N) is 2. The van der Waals surface area contributed by atoms with Gasteiger partial charge in [-0.25, -0.2) is 4.39 Å². The van der Waals surface area contributed by atoms with Crippen LogP contribution < -0.4 is 5.32 Å². The number of aryl methyl sites for hydroxylation is 1. The number of hydrogen-bond donors (Lipinski definition) is 1. The summed E-state index contributed by atoms with van der Waals surface area (Å²) in [5.74, 6) is -0.226. The minimum Gasteiger partial charge on any atom is -0.316 e. The lowest BCUT2D eigenvalue weighted by Gasteiger charge is -1.99. The van der Waals surface area contributed by atoms with E-state index in [1.807, 2.05) is 13.0 Å². The van der Waals surface area contributed by atoms with Gasteiger partial charge in [0.2, 0.25) is 0 Å². The third-order valence-electron chi connectivity index (χ3n) is 2.70. The highest BCUT2D eigenvalue weighted by Gasteiger charge is 2.08. The van der Waals surface area contributed by atoms with Crippen molar-refractivity contribution in [3.8, 4) is 10.6 Å². The molecule has 0 aliphatic heterocycles. The molecule has 102 valence electrons. The zero-order chi connectivity index (χ0) is 13.7. The smallest absolute Gasteiger partial charge is 0.147 e. The number of halogens is 1. The molecule has 0 fully saturated rings. The maximum atomic E-state index is 13.4. The second-order valence-corrected chi connectivity index (χ2v) is 5.58. The molecular formula is C14H18FN3S. The molecule has 0 radical (unpaired) electrons. The second-order valence-electron chi connectivity index (χ2n) is 4.52. The molecule has 2 aromatic rings. The minimum atomic E-state index is -0.226. The van der Waals surface area contributed by atoms with E-state index in [1.54, 1.807) is 0 Å². The summed E-state index contributed by atoms with van der Waals surface area (Å²) in [5.41, 5.74) is 1.71. The predicted octanol–water partition coefficient (Wildman–Crippen LogP) is 3.19. The number of aromatic nitrogens is 2. The zero-order valence-corrected chi connectivity index (χ0v) is 12.1. The van der Waals surface area contributed by atoms with E-state index in [0.29, 0.717) is 0 Å². The molecule has 1 aromatic heterocycles. The second kappa shape index (κ2) is 6.73. The molecule has 19 heavy (non-hydrogen) atoms. The first-order valence-corrected chi connectivity index (χ1v) is 7.31. The van der Waals surface area contributed by atoms with E-state index in [4.69, 9.17) is 0 Å². The molecule has 1 heterocycles. The molecule has 1 N–H and O–H groups in total. The van der Waals surface area contributed by atoms with Crippen LogP contribution in [0.5, 0.6) is 0 Å². The number of hydrogen-bond acceptors (Lipinski definition) is 4. The van der Waals surface area contributed by atoms with Crippen molar-refractivity contribution in [2.24, 2.45) is 0 Å². The van der Waals surface area contributed by atoms with Gasteiger partial charge in [-0.15, -0.1) is 10.2 Å². The van der Waals surface area contributed by atoms with Crippen LogP contribution in [-0.2, 0) is 6.42 Å². The van der Waals surface area contributed by atoms with Crippen LogP contribution in [0.3, 0.4) is 0 Å². The van der Waals surface area contributed by atoms with Crippen molar-refractivity contribution in [1.82, 2.24) is 15.5 Å². The highest BCUT2D eigenvalue weighted by Crippen LogP contribution is 2.25. The van der Waals surface area contributed by atoms with Crippen LogP contribution in [-0.4, -0.2) is 23.3 Å². The molecule has 0 aliphatic rings. The molecule has 0 unspecified atom stereocenters. The Morgan fingerprint density at radius 3 is 2.79 bits per heavy atom. The molecule has 0 amide bonds. The molecule has 3 nitrogen and oxygen atoms in total. The Balaban J connectivity index is 2.03. The van der Waals surface area contributed by atoms with Gasteiger partial charge in [0.1, 0.15) is 15.8 Å². The molecule has 0 spiro atoms. The van der Waals surface area contributed by atoms with Gasteiger partial charge in [-0.05, 0) is 43.7 Å². The third kappa shape index (κ3) is 4.08. The lowest BCUT2D eigenvalue weighted by molar-refractivity contribution is 0.627. The highest BCUT2D eigenvalue weighted by molar-refractivity contribution is 7.14. The Morgan fingerprint density at radius 1 is 1.21 bits per heavy atom. The lowest BCUT2D eigenvalue weighted by atomic mass is 10.1. The molecule has 0 saturated heterocycles. The fourth-order valence-corrected chi connectivity index (χ4v) is 2.65. The van der Waals surface area contributed by atoms with E-state index < -0.39 is 0 Å². The third-order valence-corrected chi connectivity index (χ3v) is 3.73. The Hall–Kier alpha value is -1.33. The Bertz CT molecular complexity index is 519. The standard InChI is InChI=1S/C14H18FN3S/c1-3-5-16-6-4-13-17-18-14(19-13)11-7-10(2)8-12(15)9-11/h7-9,16H,3-6H2,1-2H3. The SMILES string of the molecule is CCCNCCc1nnc(-c2cc(C)cc(F)c2)s1. The molecule has 0 aliphatic carbocycles. The molecule has 1 aromatic carbocycles. The van der Waals surface area contributed by atoms with Gasteiger partial charge in [-0.3, -0.25) is 0 Å². The van der Waals surface area contributed by atoms with Crippen LogP contribution in [0.25, 0.3) is 10.6 Å². The summed E-state index contributed by atoms with van der Waals surface area (Å²) in [5, 5.41) is 13.4. The van der Waals surface area contributed by atoms with Crippen LogP contribution in [0.2, 0.25) is 0 Å². The fraction of sp³-hybridized carbons (Fsp3) is 0.429. The Labute approximate surface area is 116 Å². The Kier molecular flexibility index (Phi) is 4.99. The van der Waals surface area contributed by atoms with Crippen molar-refractivity contribution in [1.29, 1.82) is 0 Å². The normalized spacial score (nSPS) is 10.9. The number of benzene rings is 1. The van der Waals surface area contributed by atoms with Crippen molar-refractivity contribution in [3.63, 3.8) is 0 Å². The van der Waals surface area contributed by atoms with Crippen molar-refractivity contribution >= 4 is 11.3 Å². The van der Waals surface area contributed by atoms with E-state index in [1.165, 1.54) is 23.5 Å². The summed E-state index contributed by atoms with van der Waals surface area (Å²) in [6.45, 7) is 5.95. The first-order chi connectivity index (χ1) is 9.19. The summed E-state index contributed by atoms with van der Waals surface area (Å²) in [6, 6.07) is 4.95. The molecule has 0 atom stereocenters. The maximum Gasteiger partial charge on any atom is 0.147 e. The molecule has 5 heteroatoms. The van der Waals surface area contributed by atoms with E-state index in [2.05, 4.69) is 22.4 Å². The topological polar surface area (TPSA) is 37.8 Å². The summed E-state index contributed by atoms with van der Waals surface area (Å²) >= 11 is 1.53. The van der Waals surface area contributed by atoms with Gasteiger partial charge in [0.25, 0.3) is 0 Å². The molecule has 0 saturated carbocycles. The molecule has 0 bridgehead atoms. The van der Waals surface area contributed by atoms with Crippen molar-refractivity contribution in [2.45, 2.75) is 26.7 Å². The zero-order valence-electron chi connectivity index (χ0n) is 11.2. The van der Waals surface area contributed by atoms with Gasteiger partial charge in [0.05, 0.1) is 0 Å². The summed E-state index contributed by atoms with van der Waals surface area (Å²) in [7, 11) is 0. The highest BCUT2D eigenvalue weighted by atomic mass is 32.1. The van der Waals surface area contributed by atoms with Gasteiger partial charge < -0.3 is 5.32 Å². The maximum absolute atomic E-state index is 13.4. The average molecular weight is 279 g/mol. The van der Waals surface area contributed by atoms with Crippen molar-refractivity contribution < 1.29 is 4.39 Å². The number of nitrogens with one attached hydrogen (secondary N) is 1.